The van der Waals surface area contributed by atoms with Gasteiger partial charge >= 0.3 is 0 Å². The molecule has 0 bridgehead atoms. The highest BCUT2D eigenvalue weighted by atomic mass is 19.1. The summed E-state index contributed by atoms with van der Waals surface area (Å²) < 4.78 is 19.0. The molecular weight excluding hydrogens is 361 g/mol. The first kappa shape index (κ1) is 18.6. The van der Waals surface area contributed by atoms with Crippen molar-refractivity contribution >= 4 is 5.91 Å². The molecule has 0 saturated heterocycles. The smallest absolute Gasteiger partial charge is 0.254 e. The van der Waals surface area contributed by atoms with E-state index in [4.69, 9.17) is 4.74 Å². The molecule has 1 fully saturated rings. The van der Waals surface area contributed by atoms with E-state index in [0.29, 0.717) is 36.3 Å². The van der Waals surface area contributed by atoms with Gasteiger partial charge in [-0.1, -0.05) is 6.07 Å². The molecule has 1 aliphatic heterocycles. The van der Waals surface area contributed by atoms with Crippen LogP contribution >= 0.6 is 0 Å². The Labute approximate surface area is 163 Å². The third kappa shape index (κ3) is 4.06. The molecule has 1 heterocycles. The number of rotatable bonds is 5. The van der Waals surface area contributed by atoms with E-state index >= 15 is 0 Å². The number of benzene rings is 2. The minimum absolute atomic E-state index is 0.00210. The molecule has 0 aromatic heterocycles. The maximum atomic E-state index is 13.3. The highest BCUT2D eigenvalue weighted by Gasteiger charge is 2.31. The molecule has 0 radical (unpaired) electrons. The number of ether oxygens (including phenoxy) is 1. The number of amides is 1. The first-order valence-electron chi connectivity index (χ1n) is 9.71. The van der Waals surface area contributed by atoms with Gasteiger partial charge < -0.3 is 19.8 Å². The Hall–Kier alpha value is -2.76. The summed E-state index contributed by atoms with van der Waals surface area (Å²) >= 11 is 0. The molecule has 4 rings (SSSR count). The van der Waals surface area contributed by atoms with Gasteiger partial charge in [0.15, 0.2) is 0 Å². The molecule has 1 aliphatic carbocycles. The van der Waals surface area contributed by atoms with Crippen LogP contribution in [0.4, 0.5) is 4.39 Å². The summed E-state index contributed by atoms with van der Waals surface area (Å²) in [7, 11) is 0. The molecule has 2 aliphatic rings. The van der Waals surface area contributed by atoms with Crippen molar-refractivity contribution in [1.29, 1.82) is 0 Å². The predicted octanol–water partition coefficient (Wildman–Crippen LogP) is 4.08. The number of phenols is 2. The molecule has 2 aromatic rings. The topological polar surface area (TPSA) is 70.0 Å². The van der Waals surface area contributed by atoms with Crippen molar-refractivity contribution in [3.63, 3.8) is 0 Å². The highest BCUT2D eigenvalue weighted by Crippen LogP contribution is 2.33. The van der Waals surface area contributed by atoms with Gasteiger partial charge in [0.25, 0.3) is 5.91 Å². The van der Waals surface area contributed by atoms with E-state index in [2.05, 4.69) is 0 Å². The Morgan fingerprint density at radius 2 is 1.75 bits per heavy atom. The van der Waals surface area contributed by atoms with Gasteiger partial charge in [0.2, 0.25) is 0 Å². The van der Waals surface area contributed by atoms with E-state index in [1.165, 1.54) is 12.1 Å². The molecule has 0 atom stereocenters. The number of hydrogen-bond acceptors (Lipinski definition) is 4. The van der Waals surface area contributed by atoms with Crippen LogP contribution in [0.2, 0.25) is 0 Å². The molecule has 1 amide bonds. The van der Waals surface area contributed by atoms with Crippen molar-refractivity contribution in [3.05, 3.63) is 53.3 Å². The zero-order valence-corrected chi connectivity index (χ0v) is 15.6. The summed E-state index contributed by atoms with van der Waals surface area (Å²) in [5.41, 5.74) is 1.59. The van der Waals surface area contributed by atoms with Crippen molar-refractivity contribution in [1.82, 2.24) is 4.90 Å². The van der Waals surface area contributed by atoms with E-state index in [1.807, 2.05) is 11.0 Å². The van der Waals surface area contributed by atoms with Gasteiger partial charge in [-0.25, -0.2) is 4.39 Å². The maximum absolute atomic E-state index is 13.3. The molecule has 2 aromatic carbocycles. The zero-order valence-electron chi connectivity index (χ0n) is 15.6. The Morgan fingerprint density at radius 1 is 1.00 bits per heavy atom. The summed E-state index contributed by atoms with van der Waals surface area (Å²) in [6.07, 6.45) is 4.05. The highest BCUT2D eigenvalue weighted by molar-refractivity contribution is 5.98. The van der Waals surface area contributed by atoms with Crippen LogP contribution in [-0.2, 0) is 6.54 Å². The van der Waals surface area contributed by atoms with Crippen LogP contribution in [0.15, 0.2) is 36.4 Å². The zero-order chi connectivity index (χ0) is 19.7. The Bertz CT molecular complexity index is 857. The Morgan fingerprint density at radius 3 is 2.50 bits per heavy atom. The van der Waals surface area contributed by atoms with Crippen molar-refractivity contribution in [2.75, 3.05) is 13.2 Å². The van der Waals surface area contributed by atoms with Gasteiger partial charge in [-0.2, -0.15) is 0 Å². The Balaban J connectivity index is 1.25. The molecule has 1 saturated carbocycles. The lowest BCUT2D eigenvalue weighted by Crippen LogP contribution is -2.32. The first-order chi connectivity index (χ1) is 13.5. The van der Waals surface area contributed by atoms with Gasteiger partial charge in [-0.05, 0) is 55.2 Å². The lowest BCUT2D eigenvalue weighted by atomic mass is 9.82. The van der Waals surface area contributed by atoms with Crippen LogP contribution < -0.4 is 4.74 Å². The van der Waals surface area contributed by atoms with Gasteiger partial charge in [-0.3, -0.25) is 4.79 Å². The largest absolute Gasteiger partial charge is 0.508 e. The summed E-state index contributed by atoms with van der Waals surface area (Å²) in [5.74, 6) is 0.685. The summed E-state index contributed by atoms with van der Waals surface area (Å²) in [6.45, 7) is 1.85. The molecule has 0 unspecified atom stereocenters. The second-order valence-electron chi connectivity index (χ2n) is 7.87. The fraction of sp³-hybridized carbons (Fsp3) is 0.409. The van der Waals surface area contributed by atoms with Gasteiger partial charge in [0.1, 0.15) is 23.1 Å². The van der Waals surface area contributed by atoms with Crippen molar-refractivity contribution < 1.29 is 24.1 Å². The third-order valence-corrected chi connectivity index (χ3v) is 5.76. The Kier molecular flexibility index (Phi) is 5.11. The van der Waals surface area contributed by atoms with E-state index in [1.54, 1.807) is 12.1 Å². The minimum Gasteiger partial charge on any atom is -0.508 e. The average molecular weight is 385 g/mol. The van der Waals surface area contributed by atoms with Crippen molar-refractivity contribution in [2.24, 2.45) is 11.8 Å². The number of carbonyl (C=O) groups is 1. The van der Waals surface area contributed by atoms with Crippen LogP contribution in [-0.4, -0.2) is 34.2 Å². The number of aromatic hydroxyl groups is 2. The van der Waals surface area contributed by atoms with Crippen LogP contribution in [0.25, 0.3) is 0 Å². The van der Waals surface area contributed by atoms with Gasteiger partial charge in [-0.15, -0.1) is 0 Å². The van der Waals surface area contributed by atoms with E-state index in [9.17, 15) is 19.4 Å². The maximum Gasteiger partial charge on any atom is 0.254 e. The lowest BCUT2D eigenvalue weighted by Gasteiger charge is -2.31. The first-order valence-corrected chi connectivity index (χ1v) is 9.71. The minimum atomic E-state index is -0.511. The number of phenolic OH excluding ortho intramolecular Hbond substituents is 2. The van der Waals surface area contributed by atoms with Crippen molar-refractivity contribution in [2.45, 2.75) is 32.2 Å². The second kappa shape index (κ2) is 7.70. The standard InChI is InChI=1S/C22H24FNO4/c23-17-7-19(26)9-20(8-17)28-13-15-3-1-14(2-4-15)11-24-12-16-5-6-18(25)10-21(16)22(24)27/h5-10,14-15,25-26H,1-4,11-13H2. The number of fused-ring (bicyclic) bond motifs is 1. The molecule has 6 heteroatoms. The average Bonchev–Trinajstić information content (AvgIpc) is 2.96. The van der Waals surface area contributed by atoms with E-state index in [0.717, 1.165) is 43.9 Å². The molecule has 148 valence electrons. The van der Waals surface area contributed by atoms with Crippen LogP contribution in [0.1, 0.15) is 41.6 Å². The molecular formula is C22H24FNO4. The van der Waals surface area contributed by atoms with Crippen LogP contribution in [0.3, 0.4) is 0 Å². The molecule has 2 N–H and O–H groups in total. The SMILES string of the molecule is O=C1c2cc(O)ccc2CN1CC1CCC(COc2cc(O)cc(F)c2)CC1. The summed E-state index contributed by atoms with van der Waals surface area (Å²) in [5, 5.41) is 19.0. The van der Waals surface area contributed by atoms with Gasteiger partial charge in [0.05, 0.1) is 6.61 Å². The third-order valence-electron chi connectivity index (χ3n) is 5.76. The van der Waals surface area contributed by atoms with Gasteiger partial charge in [0, 0.05) is 36.9 Å². The number of nitrogens with zero attached hydrogens (tertiary/aromatic N) is 1. The number of hydrogen-bond donors (Lipinski definition) is 2. The monoisotopic (exact) mass is 385 g/mol. The molecule has 5 nitrogen and oxygen atoms in total. The normalized spacial score (nSPS) is 21.6. The fourth-order valence-electron chi connectivity index (χ4n) is 4.23. The number of carbonyl (C=O) groups excluding carboxylic acids is 1. The van der Waals surface area contributed by atoms with Crippen LogP contribution in [0.5, 0.6) is 17.2 Å². The molecule has 0 spiro atoms. The lowest BCUT2D eigenvalue weighted by molar-refractivity contribution is 0.0721. The number of halogens is 1. The summed E-state index contributed by atoms with van der Waals surface area (Å²) in [6, 6.07) is 8.75. The van der Waals surface area contributed by atoms with Crippen LogP contribution in [0, 0.1) is 17.7 Å². The quantitative estimate of drug-likeness (QED) is 0.814. The molecule has 28 heavy (non-hydrogen) atoms. The second-order valence-corrected chi connectivity index (χ2v) is 7.87. The summed E-state index contributed by atoms with van der Waals surface area (Å²) in [4.78, 5) is 14.4. The fourth-order valence-corrected chi connectivity index (χ4v) is 4.23. The predicted molar refractivity (Wildman–Crippen MR) is 102 cm³/mol. The van der Waals surface area contributed by atoms with E-state index in [-0.39, 0.29) is 17.4 Å². The van der Waals surface area contributed by atoms with E-state index < -0.39 is 5.82 Å². The van der Waals surface area contributed by atoms with Crippen molar-refractivity contribution in [3.8, 4) is 17.2 Å².